The first-order valence-corrected chi connectivity index (χ1v) is 11.6. The molecule has 3 unspecified atom stereocenters. The number of nitrogens with one attached hydrogen (secondary N) is 2. The SMILES string of the molecule is CCNC(=NCC(C)CN1CCCC1)NCC1CCCOC1c1ccc(C)cc1.I. The van der Waals surface area contributed by atoms with Crippen molar-refractivity contribution < 1.29 is 4.74 Å². The second-order valence-corrected chi connectivity index (χ2v) is 8.82. The number of benzene rings is 1. The predicted octanol–water partition coefficient (Wildman–Crippen LogP) is 4.37. The Kier molecular flexibility index (Phi) is 11.5. The summed E-state index contributed by atoms with van der Waals surface area (Å²) in [6, 6.07) is 8.81. The van der Waals surface area contributed by atoms with Crippen LogP contribution in [0.3, 0.4) is 0 Å². The molecule has 1 aromatic rings. The maximum absolute atomic E-state index is 6.18. The molecule has 3 rings (SSSR count). The molecule has 170 valence electrons. The van der Waals surface area contributed by atoms with Crippen LogP contribution in [0.15, 0.2) is 29.3 Å². The molecule has 2 aliphatic heterocycles. The van der Waals surface area contributed by atoms with Gasteiger partial charge in [-0.25, -0.2) is 0 Å². The first-order chi connectivity index (χ1) is 14.2. The molecule has 30 heavy (non-hydrogen) atoms. The smallest absolute Gasteiger partial charge is 0.191 e. The Bertz CT molecular complexity index is 631. The van der Waals surface area contributed by atoms with Crippen molar-refractivity contribution in [1.29, 1.82) is 0 Å². The number of likely N-dealkylation sites (tertiary alicyclic amines) is 1. The van der Waals surface area contributed by atoms with Gasteiger partial charge in [0, 0.05) is 38.7 Å². The molecule has 0 aliphatic carbocycles. The van der Waals surface area contributed by atoms with E-state index in [0.717, 1.165) is 45.2 Å². The zero-order valence-electron chi connectivity index (χ0n) is 19.0. The number of guanidine groups is 1. The van der Waals surface area contributed by atoms with Crippen molar-refractivity contribution in [3.8, 4) is 0 Å². The molecule has 0 bridgehead atoms. The third kappa shape index (κ3) is 8.00. The van der Waals surface area contributed by atoms with Gasteiger partial charge in [-0.05, 0) is 64.1 Å². The van der Waals surface area contributed by atoms with Crippen LogP contribution in [-0.4, -0.2) is 56.7 Å². The minimum absolute atomic E-state index is 0. The van der Waals surface area contributed by atoms with E-state index in [1.165, 1.54) is 43.5 Å². The lowest BCUT2D eigenvalue weighted by Gasteiger charge is -2.32. The summed E-state index contributed by atoms with van der Waals surface area (Å²) >= 11 is 0. The van der Waals surface area contributed by atoms with Crippen molar-refractivity contribution in [2.45, 2.75) is 52.6 Å². The number of ether oxygens (including phenoxy) is 1. The molecule has 0 aromatic heterocycles. The second-order valence-electron chi connectivity index (χ2n) is 8.82. The molecular formula is C24H41IN4O. The summed E-state index contributed by atoms with van der Waals surface area (Å²) in [5.41, 5.74) is 2.59. The Morgan fingerprint density at radius 2 is 1.90 bits per heavy atom. The quantitative estimate of drug-likeness (QED) is 0.299. The maximum atomic E-state index is 6.18. The minimum atomic E-state index is 0. The molecule has 2 saturated heterocycles. The number of rotatable bonds is 8. The number of aliphatic imine (C=N–C) groups is 1. The average molecular weight is 529 g/mol. The van der Waals surface area contributed by atoms with Gasteiger partial charge < -0.3 is 20.3 Å². The molecule has 5 nitrogen and oxygen atoms in total. The van der Waals surface area contributed by atoms with Crippen molar-refractivity contribution in [3.05, 3.63) is 35.4 Å². The normalized spacial score (nSPS) is 23.6. The highest BCUT2D eigenvalue weighted by Crippen LogP contribution is 2.33. The molecule has 0 radical (unpaired) electrons. The van der Waals surface area contributed by atoms with E-state index in [1.807, 2.05) is 0 Å². The molecule has 1 aromatic carbocycles. The zero-order valence-corrected chi connectivity index (χ0v) is 21.4. The summed E-state index contributed by atoms with van der Waals surface area (Å²) in [4.78, 5) is 7.45. The van der Waals surface area contributed by atoms with Gasteiger partial charge in [-0.3, -0.25) is 4.99 Å². The Hall–Kier alpha value is -0.860. The molecule has 0 amide bonds. The molecule has 2 heterocycles. The van der Waals surface area contributed by atoms with Gasteiger partial charge in [-0.1, -0.05) is 36.8 Å². The van der Waals surface area contributed by atoms with Crippen molar-refractivity contribution >= 4 is 29.9 Å². The third-order valence-corrected chi connectivity index (χ3v) is 6.06. The lowest BCUT2D eigenvalue weighted by Crippen LogP contribution is -2.42. The van der Waals surface area contributed by atoms with Gasteiger partial charge in [0.15, 0.2) is 5.96 Å². The molecule has 2 aliphatic rings. The summed E-state index contributed by atoms with van der Waals surface area (Å²) in [5, 5.41) is 7.01. The van der Waals surface area contributed by atoms with Crippen molar-refractivity contribution in [3.63, 3.8) is 0 Å². The summed E-state index contributed by atoms with van der Waals surface area (Å²) in [6.45, 7) is 13.8. The van der Waals surface area contributed by atoms with Gasteiger partial charge in [-0.2, -0.15) is 0 Å². The molecule has 0 saturated carbocycles. The monoisotopic (exact) mass is 528 g/mol. The molecular weight excluding hydrogens is 487 g/mol. The van der Waals surface area contributed by atoms with Crippen molar-refractivity contribution in [2.75, 3.05) is 45.9 Å². The molecule has 6 heteroatoms. The van der Waals surface area contributed by atoms with Crippen LogP contribution < -0.4 is 10.6 Å². The van der Waals surface area contributed by atoms with E-state index in [9.17, 15) is 0 Å². The van der Waals surface area contributed by atoms with Gasteiger partial charge in [0.1, 0.15) is 0 Å². The van der Waals surface area contributed by atoms with Gasteiger partial charge in [-0.15, -0.1) is 24.0 Å². The predicted molar refractivity (Wildman–Crippen MR) is 137 cm³/mol. The Labute approximate surface area is 200 Å². The maximum Gasteiger partial charge on any atom is 0.191 e. The number of nitrogens with zero attached hydrogens (tertiary/aromatic N) is 2. The molecule has 0 spiro atoms. The minimum Gasteiger partial charge on any atom is -0.373 e. The van der Waals surface area contributed by atoms with E-state index in [-0.39, 0.29) is 30.1 Å². The Balaban J connectivity index is 0.00000320. The summed E-state index contributed by atoms with van der Waals surface area (Å²) in [5.74, 6) is 1.99. The van der Waals surface area contributed by atoms with Crippen LogP contribution in [0.2, 0.25) is 0 Å². The fourth-order valence-corrected chi connectivity index (χ4v) is 4.46. The fourth-order valence-electron chi connectivity index (χ4n) is 4.46. The highest BCUT2D eigenvalue weighted by Gasteiger charge is 2.27. The number of halogens is 1. The van der Waals surface area contributed by atoms with Crippen LogP contribution in [0.5, 0.6) is 0 Å². The Morgan fingerprint density at radius 1 is 1.17 bits per heavy atom. The second kappa shape index (κ2) is 13.5. The van der Waals surface area contributed by atoms with E-state index in [2.05, 4.69) is 60.6 Å². The first kappa shape index (κ1) is 25.4. The highest BCUT2D eigenvalue weighted by atomic mass is 127. The van der Waals surface area contributed by atoms with Crippen LogP contribution in [-0.2, 0) is 4.74 Å². The van der Waals surface area contributed by atoms with Crippen LogP contribution in [0.1, 0.15) is 56.8 Å². The van der Waals surface area contributed by atoms with E-state index in [0.29, 0.717) is 11.8 Å². The standard InChI is InChI=1S/C24H40N4O.HI/c1-4-25-24(26-16-20(3)18-28-13-5-6-14-28)27-17-22-8-7-15-29-23(22)21-11-9-19(2)10-12-21;/h9-12,20,22-23H,4-8,13-18H2,1-3H3,(H2,25,26,27);1H. The van der Waals surface area contributed by atoms with Crippen LogP contribution in [0.25, 0.3) is 0 Å². The molecule has 2 fully saturated rings. The van der Waals surface area contributed by atoms with Gasteiger partial charge in [0.2, 0.25) is 0 Å². The number of hydrogen-bond acceptors (Lipinski definition) is 3. The lowest BCUT2D eigenvalue weighted by molar-refractivity contribution is -0.0265. The average Bonchev–Trinajstić information content (AvgIpc) is 3.24. The van der Waals surface area contributed by atoms with Gasteiger partial charge in [0.05, 0.1) is 6.10 Å². The van der Waals surface area contributed by atoms with Crippen LogP contribution >= 0.6 is 24.0 Å². The molecule has 2 N–H and O–H groups in total. The Morgan fingerprint density at radius 3 is 2.60 bits per heavy atom. The zero-order chi connectivity index (χ0) is 20.5. The van der Waals surface area contributed by atoms with Crippen molar-refractivity contribution in [2.24, 2.45) is 16.8 Å². The summed E-state index contributed by atoms with van der Waals surface area (Å²) < 4.78 is 6.18. The first-order valence-electron chi connectivity index (χ1n) is 11.6. The van der Waals surface area contributed by atoms with E-state index in [1.54, 1.807) is 0 Å². The fraction of sp³-hybridized carbons (Fsp3) is 0.708. The third-order valence-electron chi connectivity index (χ3n) is 6.06. The van der Waals surface area contributed by atoms with E-state index < -0.39 is 0 Å². The van der Waals surface area contributed by atoms with Gasteiger partial charge >= 0.3 is 0 Å². The van der Waals surface area contributed by atoms with E-state index >= 15 is 0 Å². The highest BCUT2D eigenvalue weighted by molar-refractivity contribution is 14.0. The van der Waals surface area contributed by atoms with Crippen molar-refractivity contribution in [1.82, 2.24) is 15.5 Å². The van der Waals surface area contributed by atoms with Crippen LogP contribution in [0, 0.1) is 18.8 Å². The summed E-state index contributed by atoms with van der Waals surface area (Å²) in [7, 11) is 0. The lowest BCUT2D eigenvalue weighted by atomic mass is 9.89. The largest absolute Gasteiger partial charge is 0.373 e. The van der Waals surface area contributed by atoms with E-state index in [4.69, 9.17) is 9.73 Å². The number of aryl methyl sites for hydroxylation is 1. The van der Waals surface area contributed by atoms with Crippen LogP contribution in [0.4, 0.5) is 0 Å². The topological polar surface area (TPSA) is 48.9 Å². The molecule has 3 atom stereocenters. The number of hydrogen-bond donors (Lipinski definition) is 2. The van der Waals surface area contributed by atoms with Gasteiger partial charge in [0.25, 0.3) is 0 Å². The summed E-state index contributed by atoms with van der Waals surface area (Å²) in [6.07, 6.45) is 5.21.